The van der Waals surface area contributed by atoms with Gasteiger partial charge in [0, 0.05) is 6.04 Å². The molecule has 0 heterocycles. The number of rotatable bonds is 6. The number of hydrogen-bond donors (Lipinski definition) is 1. The van der Waals surface area contributed by atoms with Gasteiger partial charge in [-0.2, -0.15) is 0 Å². The third-order valence-corrected chi connectivity index (χ3v) is 3.28. The third-order valence-electron chi connectivity index (χ3n) is 3.28. The highest BCUT2D eigenvalue weighted by Gasteiger charge is 2.27. The van der Waals surface area contributed by atoms with Crippen molar-refractivity contribution in [2.75, 3.05) is 27.7 Å². The van der Waals surface area contributed by atoms with Crippen molar-refractivity contribution in [3.8, 4) is 0 Å². The highest BCUT2D eigenvalue weighted by molar-refractivity contribution is 4.82. The number of nitrogens with one attached hydrogen (secondary N) is 1. The van der Waals surface area contributed by atoms with E-state index in [0.717, 1.165) is 18.5 Å². The number of hydrogen-bond acceptors (Lipinski definition) is 2. The van der Waals surface area contributed by atoms with Gasteiger partial charge in [0.15, 0.2) is 0 Å². The van der Waals surface area contributed by atoms with Crippen LogP contribution in [-0.2, 0) is 0 Å². The molecule has 0 amide bonds. The van der Waals surface area contributed by atoms with Crippen molar-refractivity contribution < 1.29 is 0 Å². The molecule has 1 aliphatic carbocycles. The molecule has 13 heavy (non-hydrogen) atoms. The molecule has 1 unspecified atom stereocenters. The van der Waals surface area contributed by atoms with Gasteiger partial charge in [0.05, 0.1) is 0 Å². The second kappa shape index (κ2) is 5.61. The van der Waals surface area contributed by atoms with E-state index in [1.165, 1.54) is 32.1 Å². The maximum atomic E-state index is 3.22. The van der Waals surface area contributed by atoms with Crippen molar-refractivity contribution in [3.63, 3.8) is 0 Å². The fourth-order valence-corrected chi connectivity index (χ4v) is 2.23. The Morgan fingerprint density at radius 1 is 1.38 bits per heavy atom. The van der Waals surface area contributed by atoms with E-state index >= 15 is 0 Å². The topological polar surface area (TPSA) is 15.3 Å². The lowest BCUT2D eigenvalue weighted by atomic mass is 9.77. The summed E-state index contributed by atoms with van der Waals surface area (Å²) >= 11 is 0. The van der Waals surface area contributed by atoms with Crippen molar-refractivity contribution in [1.82, 2.24) is 10.2 Å². The molecular formula is C11H24N2. The molecule has 1 N–H and O–H groups in total. The summed E-state index contributed by atoms with van der Waals surface area (Å²) in [7, 11) is 6.48. The number of nitrogens with zero attached hydrogens (tertiary/aromatic N) is 1. The van der Waals surface area contributed by atoms with Gasteiger partial charge in [-0.25, -0.2) is 0 Å². The molecule has 0 aromatic heterocycles. The lowest BCUT2D eigenvalue weighted by molar-refractivity contribution is 0.131. The van der Waals surface area contributed by atoms with Gasteiger partial charge in [-0.05, 0) is 59.3 Å². The summed E-state index contributed by atoms with van der Waals surface area (Å²) in [6.45, 7) is 1.16. The Morgan fingerprint density at radius 3 is 2.46 bits per heavy atom. The van der Waals surface area contributed by atoms with E-state index in [4.69, 9.17) is 0 Å². The molecular weight excluding hydrogens is 160 g/mol. The van der Waals surface area contributed by atoms with Crippen LogP contribution in [0.3, 0.4) is 0 Å². The smallest absolute Gasteiger partial charge is 0.0118 e. The molecule has 78 valence electrons. The molecule has 1 rings (SSSR count). The second-order valence-corrected chi connectivity index (χ2v) is 4.47. The first-order valence-electron chi connectivity index (χ1n) is 5.56. The Kier molecular flexibility index (Phi) is 4.74. The van der Waals surface area contributed by atoms with Crippen LogP contribution in [0.15, 0.2) is 0 Å². The second-order valence-electron chi connectivity index (χ2n) is 4.47. The van der Waals surface area contributed by atoms with Gasteiger partial charge in [0.1, 0.15) is 0 Å². The summed E-state index contributed by atoms with van der Waals surface area (Å²) in [5.41, 5.74) is 0. The average Bonchev–Trinajstić information content (AvgIpc) is 1.99. The predicted octanol–water partition coefficient (Wildman–Crippen LogP) is 1.72. The minimum absolute atomic E-state index is 0.835. The summed E-state index contributed by atoms with van der Waals surface area (Å²) in [5, 5.41) is 3.22. The van der Waals surface area contributed by atoms with Gasteiger partial charge in [0.2, 0.25) is 0 Å². The molecule has 2 heteroatoms. The first-order chi connectivity index (χ1) is 6.25. The normalized spacial score (nSPS) is 20.3. The van der Waals surface area contributed by atoms with E-state index < -0.39 is 0 Å². The van der Waals surface area contributed by atoms with Crippen LogP contribution < -0.4 is 5.32 Å². The zero-order valence-corrected chi connectivity index (χ0v) is 9.34. The van der Waals surface area contributed by atoms with Crippen molar-refractivity contribution in [2.24, 2.45) is 5.92 Å². The fourth-order valence-electron chi connectivity index (χ4n) is 2.23. The maximum Gasteiger partial charge on any atom is 0.0118 e. The minimum Gasteiger partial charge on any atom is -0.320 e. The highest BCUT2D eigenvalue weighted by atomic mass is 15.1. The van der Waals surface area contributed by atoms with Gasteiger partial charge in [-0.3, -0.25) is 0 Å². The molecule has 1 atom stereocenters. The van der Waals surface area contributed by atoms with E-state index in [2.05, 4.69) is 24.3 Å². The zero-order chi connectivity index (χ0) is 9.68. The maximum absolute atomic E-state index is 3.22. The van der Waals surface area contributed by atoms with E-state index in [9.17, 15) is 0 Å². The summed E-state index contributed by atoms with van der Waals surface area (Å²) < 4.78 is 0. The Morgan fingerprint density at radius 2 is 2.08 bits per heavy atom. The van der Waals surface area contributed by atoms with Gasteiger partial charge in [0.25, 0.3) is 0 Å². The van der Waals surface area contributed by atoms with Gasteiger partial charge in [-0.1, -0.05) is 6.42 Å². The molecule has 0 radical (unpaired) electrons. The van der Waals surface area contributed by atoms with Crippen molar-refractivity contribution >= 4 is 0 Å². The standard InChI is InChI=1S/C11H24N2/c1-12-9-5-8-11(13(2)3)10-6-4-7-10/h10-12H,4-9H2,1-3H3. The SMILES string of the molecule is CNCCCC(C1CCC1)N(C)C. The van der Waals surface area contributed by atoms with Gasteiger partial charge < -0.3 is 10.2 Å². The third kappa shape index (κ3) is 3.28. The molecule has 2 nitrogen and oxygen atoms in total. The molecule has 0 saturated heterocycles. The lowest BCUT2D eigenvalue weighted by Crippen LogP contribution is -2.39. The Bertz CT molecular complexity index is 130. The Hall–Kier alpha value is -0.0800. The molecule has 1 aliphatic rings. The predicted molar refractivity (Wildman–Crippen MR) is 58.0 cm³/mol. The Balaban J connectivity index is 2.21. The molecule has 1 fully saturated rings. The quantitative estimate of drug-likeness (QED) is 0.632. The van der Waals surface area contributed by atoms with Crippen LogP contribution in [0.1, 0.15) is 32.1 Å². The molecule has 0 aromatic carbocycles. The van der Waals surface area contributed by atoms with Crippen LogP contribution in [-0.4, -0.2) is 38.6 Å². The van der Waals surface area contributed by atoms with E-state index in [1.807, 2.05) is 7.05 Å². The van der Waals surface area contributed by atoms with Crippen molar-refractivity contribution in [3.05, 3.63) is 0 Å². The summed E-state index contributed by atoms with van der Waals surface area (Å²) in [4.78, 5) is 2.42. The summed E-state index contributed by atoms with van der Waals surface area (Å²) in [6, 6.07) is 0.835. The van der Waals surface area contributed by atoms with E-state index in [0.29, 0.717) is 0 Å². The zero-order valence-electron chi connectivity index (χ0n) is 9.34. The Labute approximate surface area is 82.7 Å². The van der Waals surface area contributed by atoms with Crippen LogP contribution in [0, 0.1) is 5.92 Å². The molecule has 1 saturated carbocycles. The van der Waals surface area contributed by atoms with Crippen LogP contribution >= 0.6 is 0 Å². The summed E-state index contributed by atoms with van der Waals surface area (Å²) in [6.07, 6.45) is 7.06. The lowest BCUT2D eigenvalue weighted by Gasteiger charge is -2.38. The first-order valence-corrected chi connectivity index (χ1v) is 5.56. The molecule has 0 aromatic rings. The van der Waals surface area contributed by atoms with Gasteiger partial charge in [-0.15, -0.1) is 0 Å². The molecule has 0 spiro atoms. The van der Waals surface area contributed by atoms with Crippen LogP contribution in [0.5, 0.6) is 0 Å². The van der Waals surface area contributed by atoms with E-state index in [1.54, 1.807) is 0 Å². The van der Waals surface area contributed by atoms with Crippen LogP contribution in [0.25, 0.3) is 0 Å². The monoisotopic (exact) mass is 184 g/mol. The highest BCUT2D eigenvalue weighted by Crippen LogP contribution is 2.33. The fraction of sp³-hybridized carbons (Fsp3) is 1.00. The van der Waals surface area contributed by atoms with Crippen molar-refractivity contribution in [2.45, 2.75) is 38.1 Å². The molecule has 0 bridgehead atoms. The van der Waals surface area contributed by atoms with Crippen LogP contribution in [0.4, 0.5) is 0 Å². The van der Waals surface area contributed by atoms with Crippen molar-refractivity contribution in [1.29, 1.82) is 0 Å². The average molecular weight is 184 g/mol. The van der Waals surface area contributed by atoms with Crippen LogP contribution in [0.2, 0.25) is 0 Å². The molecule has 0 aliphatic heterocycles. The first kappa shape index (κ1) is 11.0. The largest absolute Gasteiger partial charge is 0.320 e. The van der Waals surface area contributed by atoms with Gasteiger partial charge >= 0.3 is 0 Å². The van der Waals surface area contributed by atoms with E-state index in [-0.39, 0.29) is 0 Å². The minimum atomic E-state index is 0.835. The summed E-state index contributed by atoms with van der Waals surface area (Å²) in [5.74, 6) is 0.992.